The van der Waals surface area contributed by atoms with E-state index in [1.807, 2.05) is 24.3 Å². The van der Waals surface area contributed by atoms with Gasteiger partial charge in [0, 0.05) is 32.7 Å². The molecule has 3 heterocycles. The molecule has 7 heteroatoms. The van der Waals surface area contributed by atoms with Gasteiger partial charge in [0.15, 0.2) is 0 Å². The molecule has 4 aromatic rings. The van der Waals surface area contributed by atoms with Crippen LogP contribution in [0.1, 0.15) is 5.56 Å². The smallest absolute Gasteiger partial charge is 0.146 e. The Morgan fingerprint density at radius 2 is 1.45 bits per heavy atom. The molecule has 33 heavy (non-hydrogen) atoms. The van der Waals surface area contributed by atoms with E-state index >= 15 is 0 Å². The number of benzene rings is 2. The number of piperazine rings is 1. The molecule has 170 valence electrons. The second-order valence-corrected chi connectivity index (χ2v) is 8.42. The van der Waals surface area contributed by atoms with Gasteiger partial charge in [-0.2, -0.15) is 0 Å². The molecule has 0 spiro atoms. The van der Waals surface area contributed by atoms with Crippen LogP contribution in [0.3, 0.4) is 0 Å². The third kappa shape index (κ3) is 4.24. The van der Waals surface area contributed by atoms with Crippen LogP contribution in [0, 0.1) is 0 Å². The monoisotopic (exact) mass is 443 g/mol. The maximum atomic E-state index is 5.37. The molecule has 1 saturated heterocycles. The highest BCUT2D eigenvalue weighted by atomic mass is 16.5. The van der Waals surface area contributed by atoms with Gasteiger partial charge < -0.3 is 23.8 Å². The summed E-state index contributed by atoms with van der Waals surface area (Å²) in [6.45, 7) is 4.69. The first-order valence-electron chi connectivity index (χ1n) is 11.2. The number of aromatic nitrogens is 3. The van der Waals surface area contributed by atoms with Gasteiger partial charge in [-0.3, -0.25) is 0 Å². The van der Waals surface area contributed by atoms with Gasteiger partial charge in [-0.15, -0.1) is 0 Å². The Balaban J connectivity index is 1.62. The first-order valence-corrected chi connectivity index (χ1v) is 11.2. The number of rotatable bonds is 6. The number of nitrogens with zero attached hydrogens (tertiary/aromatic N) is 5. The highest BCUT2D eigenvalue weighted by molar-refractivity contribution is 5.93. The zero-order chi connectivity index (χ0) is 22.8. The van der Waals surface area contributed by atoms with E-state index < -0.39 is 0 Å². The first-order chi connectivity index (χ1) is 16.2. The number of ether oxygens (including phenoxy) is 2. The molecule has 0 aliphatic carbocycles. The van der Waals surface area contributed by atoms with Crippen molar-refractivity contribution in [3.8, 4) is 22.8 Å². The second-order valence-electron chi connectivity index (χ2n) is 8.42. The van der Waals surface area contributed by atoms with Gasteiger partial charge >= 0.3 is 0 Å². The molecule has 0 bridgehead atoms. The number of likely N-dealkylation sites (N-methyl/N-ethyl adjacent to an activating group) is 1. The Bertz CT molecular complexity index is 1230. The predicted molar refractivity (Wildman–Crippen MR) is 131 cm³/mol. The lowest BCUT2D eigenvalue weighted by Crippen LogP contribution is -2.44. The molecule has 5 rings (SSSR count). The van der Waals surface area contributed by atoms with Crippen molar-refractivity contribution in [1.82, 2.24) is 19.4 Å². The lowest BCUT2D eigenvalue weighted by Gasteiger charge is -2.33. The van der Waals surface area contributed by atoms with Gasteiger partial charge in [-0.25, -0.2) is 9.97 Å². The molecule has 1 fully saturated rings. The largest absolute Gasteiger partial charge is 0.497 e. The van der Waals surface area contributed by atoms with Crippen molar-refractivity contribution in [3.05, 3.63) is 66.5 Å². The number of hydrogen-bond acceptors (Lipinski definition) is 6. The molecule has 0 amide bonds. The van der Waals surface area contributed by atoms with E-state index in [4.69, 9.17) is 19.4 Å². The van der Waals surface area contributed by atoms with Crippen molar-refractivity contribution in [3.63, 3.8) is 0 Å². The number of methoxy groups -OCH3 is 2. The Kier molecular flexibility index (Phi) is 5.88. The van der Waals surface area contributed by atoms with Crippen LogP contribution < -0.4 is 14.4 Å². The van der Waals surface area contributed by atoms with E-state index in [0.29, 0.717) is 6.54 Å². The van der Waals surface area contributed by atoms with E-state index in [1.165, 1.54) is 5.56 Å². The fourth-order valence-corrected chi connectivity index (χ4v) is 4.40. The zero-order valence-corrected chi connectivity index (χ0v) is 19.4. The van der Waals surface area contributed by atoms with Crippen molar-refractivity contribution < 1.29 is 9.47 Å². The summed E-state index contributed by atoms with van der Waals surface area (Å²) in [4.78, 5) is 14.2. The maximum Gasteiger partial charge on any atom is 0.146 e. The summed E-state index contributed by atoms with van der Waals surface area (Å²) < 4.78 is 13.0. The molecule has 0 unspecified atom stereocenters. The van der Waals surface area contributed by atoms with Crippen molar-refractivity contribution in [2.75, 3.05) is 52.3 Å². The van der Waals surface area contributed by atoms with Crippen LogP contribution in [0.4, 0.5) is 5.82 Å². The SMILES string of the molecule is COc1ccc(Cn2c(-c3ccc(OC)cc3)cc3c(N4CCN(C)CC4)ncnc32)cc1. The third-order valence-electron chi connectivity index (χ3n) is 6.36. The van der Waals surface area contributed by atoms with Crippen LogP contribution in [0.25, 0.3) is 22.3 Å². The van der Waals surface area contributed by atoms with E-state index in [9.17, 15) is 0 Å². The number of fused-ring (bicyclic) bond motifs is 1. The summed E-state index contributed by atoms with van der Waals surface area (Å²) in [5, 5.41) is 1.08. The zero-order valence-electron chi connectivity index (χ0n) is 19.4. The van der Waals surface area contributed by atoms with Crippen molar-refractivity contribution >= 4 is 16.9 Å². The summed E-state index contributed by atoms with van der Waals surface area (Å²) >= 11 is 0. The molecule has 7 nitrogen and oxygen atoms in total. The Morgan fingerprint density at radius 3 is 2.09 bits per heavy atom. The summed E-state index contributed by atoms with van der Waals surface area (Å²) in [7, 11) is 5.54. The molecule has 2 aromatic heterocycles. The first kappa shape index (κ1) is 21.3. The molecule has 0 radical (unpaired) electrons. The van der Waals surface area contributed by atoms with Crippen molar-refractivity contribution in [2.24, 2.45) is 0 Å². The van der Waals surface area contributed by atoms with Crippen LogP contribution in [0.15, 0.2) is 60.9 Å². The van der Waals surface area contributed by atoms with Gasteiger partial charge in [0.2, 0.25) is 0 Å². The fraction of sp³-hybridized carbons (Fsp3) is 0.308. The Labute approximate surface area is 194 Å². The summed E-state index contributed by atoms with van der Waals surface area (Å²) in [6.07, 6.45) is 1.69. The Hall–Kier alpha value is -3.58. The molecule has 1 aliphatic rings. The molecular weight excluding hydrogens is 414 g/mol. The average molecular weight is 444 g/mol. The maximum absolute atomic E-state index is 5.37. The standard InChI is InChI=1S/C26H29N5O2/c1-29-12-14-30(15-13-29)25-23-16-24(20-6-10-22(33-3)11-7-20)31(26(23)28-18-27-25)17-19-4-8-21(32-2)9-5-19/h4-11,16,18H,12-15,17H2,1-3H3. The van der Waals surface area contributed by atoms with Crippen LogP contribution in [-0.2, 0) is 6.54 Å². The average Bonchev–Trinajstić information content (AvgIpc) is 3.23. The number of hydrogen-bond donors (Lipinski definition) is 0. The van der Waals surface area contributed by atoms with Gasteiger partial charge in [0.1, 0.15) is 29.3 Å². The molecule has 2 aromatic carbocycles. The minimum absolute atomic E-state index is 0.702. The normalized spacial score (nSPS) is 14.6. The lowest BCUT2D eigenvalue weighted by molar-refractivity contribution is 0.312. The van der Waals surface area contributed by atoms with Gasteiger partial charge in [0.25, 0.3) is 0 Å². The van der Waals surface area contributed by atoms with Crippen LogP contribution in [0.2, 0.25) is 0 Å². The van der Waals surface area contributed by atoms with E-state index in [0.717, 1.165) is 65.8 Å². The Morgan fingerprint density at radius 1 is 0.818 bits per heavy atom. The van der Waals surface area contributed by atoms with Crippen molar-refractivity contribution in [2.45, 2.75) is 6.54 Å². The van der Waals surface area contributed by atoms with E-state index in [1.54, 1.807) is 20.5 Å². The topological polar surface area (TPSA) is 55.7 Å². The van der Waals surface area contributed by atoms with Gasteiger partial charge in [-0.05, 0) is 60.6 Å². The molecule has 0 atom stereocenters. The second kappa shape index (κ2) is 9.11. The van der Waals surface area contributed by atoms with Crippen LogP contribution in [0.5, 0.6) is 11.5 Å². The molecule has 0 N–H and O–H groups in total. The van der Waals surface area contributed by atoms with Crippen LogP contribution in [-0.4, -0.2) is 66.9 Å². The third-order valence-corrected chi connectivity index (χ3v) is 6.36. The van der Waals surface area contributed by atoms with E-state index in [-0.39, 0.29) is 0 Å². The van der Waals surface area contributed by atoms with E-state index in [2.05, 4.69) is 51.7 Å². The molecular formula is C26H29N5O2. The van der Waals surface area contributed by atoms with Crippen molar-refractivity contribution in [1.29, 1.82) is 0 Å². The quantitative estimate of drug-likeness (QED) is 0.450. The lowest BCUT2D eigenvalue weighted by atomic mass is 10.1. The van der Waals surface area contributed by atoms with Gasteiger partial charge in [0.05, 0.1) is 25.3 Å². The summed E-state index contributed by atoms with van der Waals surface area (Å²) in [5.74, 6) is 2.71. The highest BCUT2D eigenvalue weighted by Gasteiger charge is 2.21. The minimum atomic E-state index is 0.702. The summed E-state index contributed by atoms with van der Waals surface area (Å²) in [5.41, 5.74) is 4.36. The molecule has 0 saturated carbocycles. The van der Waals surface area contributed by atoms with Crippen LogP contribution >= 0.6 is 0 Å². The fourth-order valence-electron chi connectivity index (χ4n) is 4.40. The number of anilines is 1. The minimum Gasteiger partial charge on any atom is -0.497 e. The molecule has 1 aliphatic heterocycles. The summed E-state index contributed by atoms with van der Waals surface area (Å²) in [6, 6.07) is 18.6. The predicted octanol–water partition coefficient (Wildman–Crippen LogP) is 3.92. The van der Waals surface area contributed by atoms with Gasteiger partial charge in [-0.1, -0.05) is 12.1 Å². The highest BCUT2D eigenvalue weighted by Crippen LogP contribution is 2.33.